The average molecular weight is 326 g/mol. The highest BCUT2D eigenvalue weighted by atomic mass is 16.5. The lowest BCUT2D eigenvalue weighted by molar-refractivity contribution is 0.274. The van der Waals surface area contributed by atoms with Crippen LogP contribution < -0.4 is 9.47 Å². The van der Waals surface area contributed by atoms with Crippen molar-refractivity contribution in [1.29, 1.82) is 0 Å². The van der Waals surface area contributed by atoms with Crippen LogP contribution in [0.15, 0.2) is 47.6 Å². The van der Waals surface area contributed by atoms with Gasteiger partial charge in [0.1, 0.15) is 6.61 Å². The molecule has 0 spiro atoms. The van der Waals surface area contributed by atoms with Crippen LogP contribution in [0.3, 0.4) is 0 Å². The minimum atomic E-state index is -0.144. The molecular formula is C18H18N2O4. The first-order valence-electron chi connectivity index (χ1n) is 7.56. The fourth-order valence-electron chi connectivity index (χ4n) is 2.74. The Labute approximate surface area is 139 Å². The largest absolute Gasteiger partial charge is 0.493 e. The first-order chi connectivity index (χ1) is 11.7. The lowest BCUT2D eigenvalue weighted by Gasteiger charge is -2.11. The second kappa shape index (κ2) is 6.62. The van der Waals surface area contributed by atoms with Crippen LogP contribution in [0, 0.1) is 11.8 Å². The van der Waals surface area contributed by atoms with Crippen LogP contribution in [0.25, 0.3) is 10.9 Å². The van der Waals surface area contributed by atoms with E-state index >= 15 is 0 Å². The van der Waals surface area contributed by atoms with Crippen LogP contribution in [0.2, 0.25) is 0 Å². The molecule has 1 aromatic heterocycles. The second-order valence-electron chi connectivity index (χ2n) is 5.44. The summed E-state index contributed by atoms with van der Waals surface area (Å²) in [5.74, 6) is 1.12. The Morgan fingerprint density at radius 1 is 1.17 bits per heavy atom. The molecule has 0 bridgehead atoms. The van der Waals surface area contributed by atoms with Crippen molar-refractivity contribution < 1.29 is 14.6 Å². The molecule has 0 amide bonds. The molecule has 0 fully saturated rings. The number of benzene rings is 2. The zero-order valence-electron chi connectivity index (χ0n) is 13.5. The molecule has 6 heteroatoms. The molecule has 0 aliphatic rings. The number of rotatable bonds is 6. The van der Waals surface area contributed by atoms with Gasteiger partial charge < -0.3 is 19.1 Å². The fraction of sp³-hybridized carbons (Fsp3) is 0.222. The van der Waals surface area contributed by atoms with Gasteiger partial charge in [0.2, 0.25) is 5.88 Å². The number of hydrogen-bond acceptors (Lipinski definition) is 5. The molecular weight excluding hydrogens is 308 g/mol. The highest BCUT2D eigenvalue weighted by Crippen LogP contribution is 2.38. The summed E-state index contributed by atoms with van der Waals surface area (Å²) in [6.45, 7) is 2.61. The summed E-state index contributed by atoms with van der Waals surface area (Å²) in [6.07, 6.45) is 0. The van der Waals surface area contributed by atoms with E-state index in [4.69, 9.17) is 9.47 Å². The molecule has 0 aliphatic carbocycles. The molecule has 3 aromatic rings. The Morgan fingerprint density at radius 2 is 1.92 bits per heavy atom. The molecule has 1 heterocycles. The van der Waals surface area contributed by atoms with E-state index in [1.165, 1.54) is 0 Å². The van der Waals surface area contributed by atoms with Crippen molar-refractivity contribution in [2.75, 3.05) is 13.7 Å². The standard InChI is InChI=1S/C18H18N2O4/c1-12-7-8-14-13(11-12)17(19-22)18(21)20(14)9-10-24-16-6-4-3-5-15(16)23-2/h3-8,11,21H,9-10H2,1-2H3. The van der Waals surface area contributed by atoms with Gasteiger partial charge in [-0.3, -0.25) is 0 Å². The molecule has 24 heavy (non-hydrogen) atoms. The van der Waals surface area contributed by atoms with Gasteiger partial charge in [0.15, 0.2) is 17.2 Å². The molecule has 0 unspecified atom stereocenters. The van der Waals surface area contributed by atoms with Crippen LogP contribution in [-0.2, 0) is 6.54 Å². The predicted molar refractivity (Wildman–Crippen MR) is 92.3 cm³/mol. The minimum Gasteiger partial charge on any atom is -0.493 e. The number of nitrogens with zero attached hydrogens (tertiary/aromatic N) is 2. The summed E-state index contributed by atoms with van der Waals surface area (Å²) in [5, 5.41) is 13.9. The lowest BCUT2D eigenvalue weighted by atomic mass is 10.1. The van der Waals surface area contributed by atoms with Crippen LogP contribution in [-0.4, -0.2) is 23.4 Å². The van der Waals surface area contributed by atoms with Gasteiger partial charge in [-0.15, -0.1) is 4.91 Å². The van der Waals surface area contributed by atoms with E-state index in [1.54, 1.807) is 11.7 Å². The Bertz CT molecular complexity index is 886. The monoisotopic (exact) mass is 326 g/mol. The zero-order chi connectivity index (χ0) is 17.1. The van der Waals surface area contributed by atoms with E-state index in [9.17, 15) is 10.0 Å². The van der Waals surface area contributed by atoms with Crippen LogP contribution >= 0.6 is 0 Å². The number of aryl methyl sites for hydroxylation is 1. The molecule has 6 nitrogen and oxygen atoms in total. The summed E-state index contributed by atoms with van der Waals surface area (Å²) >= 11 is 0. The van der Waals surface area contributed by atoms with Crippen molar-refractivity contribution in [1.82, 2.24) is 4.57 Å². The maximum Gasteiger partial charge on any atom is 0.222 e. The number of aromatic nitrogens is 1. The van der Waals surface area contributed by atoms with Crippen LogP contribution in [0.4, 0.5) is 5.69 Å². The highest BCUT2D eigenvalue weighted by molar-refractivity contribution is 5.95. The van der Waals surface area contributed by atoms with Crippen LogP contribution in [0.1, 0.15) is 5.56 Å². The van der Waals surface area contributed by atoms with Gasteiger partial charge in [-0.1, -0.05) is 23.8 Å². The molecule has 0 radical (unpaired) electrons. The average Bonchev–Trinajstić information content (AvgIpc) is 2.86. The molecule has 124 valence electrons. The Hall–Kier alpha value is -3.02. The molecule has 1 N–H and O–H groups in total. The van der Waals surface area contributed by atoms with E-state index in [-0.39, 0.29) is 11.6 Å². The van der Waals surface area contributed by atoms with Crippen molar-refractivity contribution in [3.05, 3.63) is 52.9 Å². The molecule has 0 saturated carbocycles. The number of aromatic hydroxyl groups is 1. The van der Waals surface area contributed by atoms with Gasteiger partial charge in [0.25, 0.3) is 0 Å². The van der Waals surface area contributed by atoms with Crippen LogP contribution in [0.5, 0.6) is 17.4 Å². The van der Waals surface area contributed by atoms with E-state index in [0.29, 0.717) is 30.0 Å². The van der Waals surface area contributed by atoms with Gasteiger partial charge >= 0.3 is 0 Å². The first kappa shape index (κ1) is 15.9. The van der Waals surface area contributed by atoms with Crippen molar-refractivity contribution >= 4 is 16.6 Å². The number of nitroso groups, excluding NO2 is 1. The predicted octanol–water partition coefficient (Wildman–Crippen LogP) is 4.14. The lowest BCUT2D eigenvalue weighted by Crippen LogP contribution is -2.08. The quantitative estimate of drug-likeness (QED) is 0.691. The summed E-state index contributed by atoms with van der Waals surface area (Å²) in [6, 6.07) is 13.0. The van der Waals surface area contributed by atoms with Gasteiger partial charge in [0, 0.05) is 5.39 Å². The smallest absolute Gasteiger partial charge is 0.222 e. The maximum atomic E-state index is 11.1. The Kier molecular flexibility index (Phi) is 4.37. The number of fused-ring (bicyclic) bond motifs is 1. The maximum absolute atomic E-state index is 11.1. The third-order valence-corrected chi connectivity index (χ3v) is 3.90. The van der Waals surface area contributed by atoms with Crippen molar-refractivity contribution in [2.45, 2.75) is 13.5 Å². The van der Waals surface area contributed by atoms with E-state index in [1.807, 2.05) is 49.4 Å². The summed E-state index contributed by atoms with van der Waals surface area (Å²) in [7, 11) is 1.58. The Balaban J connectivity index is 1.85. The van der Waals surface area contributed by atoms with E-state index < -0.39 is 0 Å². The van der Waals surface area contributed by atoms with Gasteiger partial charge in [0.05, 0.1) is 19.2 Å². The fourth-order valence-corrected chi connectivity index (χ4v) is 2.74. The third-order valence-electron chi connectivity index (χ3n) is 3.90. The van der Waals surface area contributed by atoms with Gasteiger partial charge in [-0.25, -0.2) is 0 Å². The van der Waals surface area contributed by atoms with E-state index in [0.717, 1.165) is 11.1 Å². The van der Waals surface area contributed by atoms with Crippen molar-refractivity contribution in [3.8, 4) is 17.4 Å². The first-order valence-corrected chi connectivity index (χ1v) is 7.56. The van der Waals surface area contributed by atoms with Crippen molar-refractivity contribution in [2.24, 2.45) is 5.18 Å². The number of ether oxygens (including phenoxy) is 2. The molecule has 0 atom stereocenters. The summed E-state index contributed by atoms with van der Waals surface area (Å²) in [4.78, 5) is 11.1. The Morgan fingerprint density at radius 3 is 2.62 bits per heavy atom. The zero-order valence-corrected chi connectivity index (χ0v) is 13.5. The number of methoxy groups -OCH3 is 1. The van der Waals surface area contributed by atoms with Gasteiger partial charge in [-0.2, -0.15) is 0 Å². The van der Waals surface area contributed by atoms with E-state index in [2.05, 4.69) is 5.18 Å². The topological polar surface area (TPSA) is 73.1 Å². The number of para-hydroxylation sites is 2. The van der Waals surface area contributed by atoms with Gasteiger partial charge in [-0.05, 0) is 36.4 Å². The minimum absolute atomic E-state index is 0.0611. The number of hydrogen-bond donors (Lipinski definition) is 1. The third kappa shape index (κ3) is 2.78. The second-order valence-corrected chi connectivity index (χ2v) is 5.44. The normalized spacial score (nSPS) is 10.8. The van der Waals surface area contributed by atoms with Crippen molar-refractivity contribution in [3.63, 3.8) is 0 Å². The summed E-state index contributed by atoms with van der Waals surface area (Å²) < 4.78 is 12.6. The molecule has 0 aliphatic heterocycles. The molecule has 3 rings (SSSR count). The highest BCUT2D eigenvalue weighted by Gasteiger charge is 2.17. The SMILES string of the molecule is COc1ccccc1OCCn1c(O)c(N=O)c2cc(C)ccc21. The molecule has 0 saturated heterocycles. The molecule has 2 aromatic carbocycles. The summed E-state index contributed by atoms with van der Waals surface area (Å²) in [5.41, 5.74) is 1.80.